The molecule has 12 heteroatoms. The van der Waals surface area contributed by atoms with E-state index in [0.29, 0.717) is 16.5 Å². The molecule has 9 nitrogen and oxygen atoms in total. The number of carbonyl (C=O) groups excluding carboxylic acids is 2. The van der Waals surface area contributed by atoms with E-state index < -0.39 is 12.0 Å². The molecule has 0 spiro atoms. The van der Waals surface area contributed by atoms with Crippen LogP contribution in [0.1, 0.15) is 43.4 Å². The number of amides is 1. The number of methoxy groups -OCH3 is 2. The van der Waals surface area contributed by atoms with E-state index in [0.717, 1.165) is 0 Å². The van der Waals surface area contributed by atoms with E-state index in [1.807, 2.05) is 0 Å². The molecular weight excluding hydrogens is 478 g/mol. The lowest BCUT2D eigenvalue weighted by molar-refractivity contribution is 0.0599. The Labute approximate surface area is 197 Å². The number of rotatable bonds is 9. The van der Waals surface area contributed by atoms with Gasteiger partial charge in [0.2, 0.25) is 5.89 Å². The van der Waals surface area contributed by atoms with E-state index in [2.05, 4.69) is 15.5 Å². The lowest BCUT2D eigenvalue weighted by Gasteiger charge is -2.17. The highest BCUT2D eigenvalue weighted by Crippen LogP contribution is 2.39. The van der Waals surface area contributed by atoms with Crippen LogP contribution in [0, 0.1) is 6.92 Å². The Balaban J connectivity index is 1.80. The van der Waals surface area contributed by atoms with Crippen LogP contribution in [0.25, 0.3) is 0 Å². The third-order valence-electron chi connectivity index (χ3n) is 4.35. The molecule has 3 aromatic rings. The monoisotopic (exact) mass is 497 g/mol. The van der Waals surface area contributed by atoms with Crippen LogP contribution < -0.4 is 10.1 Å². The second-order valence-corrected chi connectivity index (χ2v) is 8.81. The lowest BCUT2D eigenvalue weighted by atomic mass is 10.1. The summed E-state index contributed by atoms with van der Waals surface area (Å²) in [6.45, 7) is 1.68. The van der Waals surface area contributed by atoms with E-state index in [4.69, 9.17) is 25.6 Å². The standard InChI is InChI=1S/C20H20ClN3O6S2/c1-10-22-19(30-24-10)12(23-18(26)15-5-4-6-32-15)9-31-8-11-13(25)7-14(28-2)17(21)16(11)20(27)29-3/h4-7,12,25H,8-9H2,1-3H3,(H,23,26)/t12-/m0/s1. The lowest BCUT2D eigenvalue weighted by Crippen LogP contribution is -2.30. The molecule has 0 unspecified atom stereocenters. The van der Waals surface area contributed by atoms with Crippen LogP contribution in [0.4, 0.5) is 0 Å². The predicted molar refractivity (Wildman–Crippen MR) is 121 cm³/mol. The molecule has 0 aliphatic heterocycles. The van der Waals surface area contributed by atoms with Crippen LogP contribution in [0.15, 0.2) is 28.1 Å². The van der Waals surface area contributed by atoms with Crippen LogP contribution in [-0.4, -0.2) is 47.1 Å². The molecule has 1 amide bonds. The SMILES string of the molecule is COC(=O)c1c(Cl)c(OC)cc(O)c1CSC[C@H](NC(=O)c1cccs1)c1nc(C)no1. The first-order valence-corrected chi connectivity index (χ1v) is 11.7. The molecule has 2 heterocycles. The number of carbonyl (C=O) groups is 2. The Kier molecular flexibility index (Phi) is 7.99. The number of nitrogens with zero attached hydrogens (tertiary/aromatic N) is 2. The summed E-state index contributed by atoms with van der Waals surface area (Å²) < 4.78 is 15.2. The Morgan fingerprint density at radius 3 is 2.78 bits per heavy atom. The van der Waals surface area contributed by atoms with Crippen molar-refractivity contribution in [2.75, 3.05) is 20.0 Å². The van der Waals surface area contributed by atoms with Crippen molar-refractivity contribution in [3.8, 4) is 11.5 Å². The van der Waals surface area contributed by atoms with Crippen molar-refractivity contribution >= 4 is 46.6 Å². The van der Waals surface area contributed by atoms with Crippen molar-refractivity contribution in [1.82, 2.24) is 15.5 Å². The summed E-state index contributed by atoms with van der Waals surface area (Å²) in [5, 5.41) is 19.0. The maximum absolute atomic E-state index is 12.5. The Hall–Kier alpha value is -2.76. The van der Waals surface area contributed by atoms with Gasteiger partial charge in [-0.15, -0.1) is 11.3 Å². The van der Waals surface area contributed by atoms with Gasteiger partial charge >= 0.3 is 5.97 Å². The number of aromatic nitrogens is 2. The quantitative estimate of drug-likeness (QED) is 0.422. The Morgan fingerprint density at radius 2 is 2.19 bits per heavy atom. The van der Waals surface area contributed by atoms with Gasteiger partial charge in [0.15, 0.2) is 5.82 Å². The van der Waals surface area contributed by atoms with Gasteiger partial charge in [-0.05, 0) is 18.4 Å². The van der Waals surface area contributed by atoms with Crippen molar-refractivity contribution in [3.05, 3.63) is 56.3 Å². The van der Waals surface area contributed by atoms with Crippen LogP contribution in [0.3, 0.4) is 0 Å². The minimum atomic E-state index is -0.699. The number of hydrogen-bond acceptors (Lipinski definition) is 10. The maximum Gasteiger partial charge on any atom is 0.339 e. The summed E-state index contributed by atoms with van der Waals surface area (Å²) in [4.78, 5) is 29.6. The molecule has 2 aromatic heterocycles. The van der Waals surface area contributed by atoms with Crippen molar-refractivity contribution < 1.29 is 28.7 Å². The average molecular weight is 498 g/mol. The van der Waals surface area contributed by atoms with E-state index in [1.165, 1.54) is 43.4 Å². The van der Waals surface area contributed by atoms with Crippen molar-refractivity contribution in [2.24, 2.45) is 0 Å². The largest absolute Gasteiger partial charge is 0.507 e. The number of halogens is 1. The number of phenolic OH excluding ortho intramolecular Hbond substituents is 1. The maximum atomic E-state index is 12.5. The van der Waals surface area contributed by atoms with Crippen LogP contribution in [0.5, 0.6) is 11.5 Å². The third kappa shape index (κ3) is 5.34. The summed E-state index contributed by atoms with van der Waals surface area (Å²) in [5.41, 5.74) is 0.309. The number of benzene rings is 1. The summed E-state index contributed by atoms with van der Waals surface area (Å²) >= 11 is 8.93. The van der Waals surface area contributed by atoms with Crippen LogP contribution >= 0.6 is 34.7 Å². The van der Waals surface area contributed by atoms with Gasteiger partial charge in [-0.3, -0.25) is 4.79 Å². The summed E-state index contributed by atoms with van der Waals surface area (Å²) in [5.74, 6) is 0.230. The molecular formula is C20H20ClN3O6S2. The number of aryl methyl sites for hydroxylation is 1. The molecule has 170 valence electrons. The smallest absolute Gasteiger partial charge is 0.339 e. The summed E-state index contributed by atoms with van der Waals surface area (Å²) in [6.07, 6.45) is 0. The number of esters is 1. The molecule has 0 bridgehead atoms. The minimum Gasteiger partial charge on any atom is -0.507 e. The fourth-order valence-corrected chi connectivity index (χ4v) is 4.84. The number of thioether (sulfide) groups is 1. The van der Waals surface area contributed by atoms with Gasteiger partial charge in [0.25, 0.3) is 5.91 Å². The van der Waals surface area contributed by atoms with Gasteiger partial charge in [0.05, 0.1) is 29.7 Å². The fourth-order valence-electron chi connectivity index (χ4n) is 2.81. The van der Waals surface area contributed by atoms with E-state index >= 15 is 0 Å². The van der Waals surface area contributed by atoms with Crippen LogP contribution in [-0.2, 0) is 10.5 Å². The minimum absolute atomic E-state index is 0.0197. The van der Waals surface area contributed by atoms with Crippen molar-refractivity contribution in [3.63, 3.8) is 0 Å². The van der Waals surface area contributed by atoms with Crippen LogP contribution in [0.2, 0.25) is 5.02 Å². The van der Waals surface area contributed by atoms with E-state index in [1.54, 1.807) is 24.4 Å². The molecule has 1 atom stereocenters. The zero-order valence-corrected chi connectivity index (χ0v) is 19.8. The van der Waals surface area contributed by atoms with Gasteiger partial charge in [-0.2, -0.15) is 16.7 Å². The van der Waals surface area contributed by atoms with E-state index in [-0.39, 0.29) is 45.2 Å². The number of nitrogens with one attached hydrogen (secondary N) is 1. The number of aromatic hydroxyl groups is 1. The van der Waals surface area contributed by atoms with Gasteiger partial charge in [0, 0.05) is 23.1 Å². The molecule has 0 saturated carbocycles. The molecule has 0 saturated heterocycles. The van der Waals surface area contributed by atoms with Gasteiger partial charge < -0.3 is 24.4 Å². The van der Waals surface area contributed by atoms with Crippen molar-refractivity contribution in [1.29, 1.82) is 0 Å². The molecule has 32 heavy (non-hydrogen) atoms. The van der Waals surface area contributed by atoms with Gasteiger partial charge in [0.1, 0.15) is 17.5 Å². The first-order valence-electron chi connectivity index (χ1n) is 9.24. The third-order valence-corrected chi connectivity index (χ3v) is 6.65. The zero-order chi connectivity index (χ0) is 23.3. The highest BCUT2D eigenvalue weighted by Gasteiger charge is 2.26. The van der Waals surface area contributed by atoms with E-state index in [9.17, 15) is 14.7 Å². The zero-order valence-electron chi connectivity index (χ0n) is 17.4. The second kappa shape index (κ2) is 10.7. The van der Waals surface area contributed by atoms with Crippen molar-refractivity contribution in [2.45, 2.75) is 18.7 Å². The summed E-state index contributed by atoms with van der Waals surface area (Å²) in [6, 6.07) is 4.24. The topological polar surface area (TPSA) is 124 Å². The first kappa shape index (κ1) is 23.9. The van der Waals surface area contributed by atoms with Gasteiger partial charge in [-0.1, -0.05) is 22.8 Å². The molecule has 0 aliphatic carbocycles. The molecule has 2 N–H and O–H groups in total. The molecule has 0 aliphatic rings. The average Bonchev–Trinajstić information content (AvgIpc) is 3.46. The number of ether oxygens (including phenoxy) is 2. The molecule has 0 fully saturated rings. The Morgan fingerprint density at radius 1 is 1.41 bits per heavy atom. The second-order valence-electron chi connectivity index (χ2n) is 6.46. The Bertz CT molecular complexity index is 1100. The number of hydrogen-bond donors (Lipinski definition) is 2. The molecule has 3 rings (SSSR count). The number of thiophene rings is 1. The normalized spacial score (nSPS) is 11.8. The highest BCUT2D eigenvalue weighted by atomic mass is 35.5. The fraction of sp³-hybridized carbons (Fsp3) is 0.300. The highest BCUT2D eigenvalue weighted by molar-refractivity contribution is 7.98. The van der Waals surface area contributed by atoms with Gasteiger partial charge in [-0.25, -0.2) is 4.79 Å². The predicted octanol–water partition coefficient (Wildman–Crippen LogP) is 4.00. The number of phenols is 1. The first-order chi connectivity index (χ1) is 15.3. The molecule has 0 radical (unpaired) electrons. The molecule has 1 aromatic carbocycles. The summed E-state index contributed by atoms with van der Waals surface area (Å²) in [7, 11) is 2.60.